The fourth-order valence-electron chi connectivity index (χ4n) is 1.41. The first kappa shape index (κ1) is 13.6. The van der Waals surface area contributed by atoms with E-state index in [1.54, 1.807) is 0 Å². The number of rotatable bonds is 0. The Morgan fingerprint density at radius 1 is 0.692 bits per heavy atom. The molecule has 0 fully saturated rings. The third-order valence-electron chi connectivity index (χ3n) is 2.81. The van der Waals surface area contributed by atoms with Gasteiger partial charge >= 0.3 is 33.5 Å². The maximum absolute atomic E-state index is 4.83. The van der Waals surface area contributed by atoms with E-state index in [1.165, 1.54) is 28.2 Å². The summed E-state index contributed by atoms with van der Waals surface area (Å²) in [6, 6.07) is 0. The molecule has 0 saturated carbocycles. The van der Waals surface area contributed by atoms with Crippen LogP contribution in [0.3, 0.4) is 0 Å². The molecule has 0 nitrogen and oxygen atoms in total. The van der Waals surface area contributed by atoms with Crippen molar-refractivity contribution in [1.29, 1.82) is 0 Å². The van der Waals surface area contributed by atoms with E-state index >= 15 is 0 Å². The first-order valence-corrected chi connectivity index (χ1v) is 7.57. The van der Waals surface area contributed by atoms with Crippen LogP contribution in [0.25, 0.3) is 0 Å². The summed E-state index contributed by atoms with van der Waals surface area (Å²) in [5.41, 5.74) is 5.87. The minimum atomic E-state index is -0.181. The third-order valence-corrected chi connectivity index (χ3v) is 2.81. The Kier molecular flexibility index (Phi) is 6.43. The molecule has 0 N–H and O–H groups in total. The molecular weight excluding hydrogens is 243 g/mol. The van der Waals surface area contributed by atoms with Crippen LogP contribution in [-0.2, 0) is 13.4 Å². The van der Waals surface area contributed by atoms with E-state index in [2.05, 4.69) is 34.6 Å². The molecule has 0 atom stereocenters. The first-order chi connectivity index (χ1) is 5.97. The summed E-state index contributed by atoms with van der Waals surface area (Å²) in [4.78, 5) is 0. The summed E-state index contributed by atoms with van der Waals surface area (Å²) >= 11 is -0.181. The molecule has 0 amide bonds. The van der Waals surface area contributed by atoms with Gasteiger partial charge in [-0.05, 0) is 38.8 Å². The summed E-state index contributed by atoms with van der Waals surface area (Å²) < 4.78 is 0. The van der Waals surface area contributed by atoms with Gasteiger partial charge in [-0.2, -0.15) is 0 Å². The molecule has 0 heterocycles. The standard InChI is InChI=1S/C10H15.2ClH.Cr/c1-6-7(2)9(4)10(5)8(6)3;;;/h1-5H3;2*1H;/q;;;+2/p-2. The van der Waals surface area contributed by atoms with Gasteiger partial charge in [0.2, 0.25) is 0 Å². The van der Waals surface area contributed by atoms with Crippen molar-refractivity contribution in [2.24, 2.45) is 0 Å². The molecule has 0 aromatic carbocycles. The molecule has 0 spiro atoms. The van der Waals surface area contributed by atoms with Crippen molar-refractivity contribution in [3.05, 3.63) is 28.2 Å². The second-order valence-corrected chi connectivity index (χ2v) is 5.29. The van der Waals surface area contributed by atoms with E-state index in [-0.39, 0.29) is 13.4 Å². The molecule has 1 aliphatic carbocycles. The average molecular weight is 258 g/mol. The van der Waals surface area contributed by atoms with Crippen LogP contribution in [0.5, 0.6) is 0 Å². The fraction of sp³-hybridized carbons (Fsp3) is 0.500. The number of hydrogen-bond acceptors (Lipinski definition) is 0. The van der Waals surface area contributed by atoms with Crippen LogP contribution >= 0.6 is 20.1 Å². The second kappa shape index (κ2) is 6.15. The molecule has 0 aliphatic heterocycles. The number of allylic oxidation sites excluding steroid dienone is 4. The summed E-state index contributed by atoms with van der Waals surface area (Å²) in [7, 11) is 9.65. The molecule has 3 heteroatoms. The summed E-state index contributed by atoms with van der Waals surface area (Å²) in [5, 5.41) is 0. The van der Waals surface area contributed by atoms with Gasteiger partial charge in [0.15, 0.2) is 0 Å². The van der Waals surface area contributed by atoms with E-state index in [4.69, 9.17) is 20.1 Å². The van der Waals surface area contributed by atoms with Crippen molar-refractivity contribution in [2.45, 2.75) is 34.6 Å². The fourth-order valence-corrected chi connectivity index (χ4v) is 1.41. The Bertz CT molecular complexity index is 217. The van der Waals surface area contributed by atoms with Crippen LogP contribution in [0.1, 0.15) is 34.6 Å². The molecule has 0 saturated heterocycles. The van der Waals surface area contributed by atoms with Crippen molar-refractivity contribution in [3.8, 4) is 0 Å². The van der Waals surface area contributed by atoms with E-state index in [9.17, 15) is 0 Å². The van der Waals surface area contributed by atoms with Gasteiger partial charge in [0.1, 0.15) is 0 Å². The molecule has 1 radical (unpaired) electrons. The Morgan fingerprint density at radius 2 is 0.923 bits per heavy atom. The summed E-state index contributed by atoms with van der Waals surface area (Å²) in [6.45, 7) is 11.0. The molecule has 0 aromatic heterocycles. The Morgan fingerprint density at radius 3 is 1.00 bits per heavy atom. The first-order valence-electron chi connectivity index (χ1n) is 4.06. The second-order valence-electron chi connectivity index (χ2n) is 3.18. The third kappa shape index (κ3) is 3.33. The van der Waals surface area contributed by atoms with Crippen molar-refractivity contribution in [2.75, 3.05) is 0 Å². The van der Waals surface area contributed by atoms with Crippen LogP contribution < -0.4 is 0 Å². The predicted octanol–water partition coefficient (Wildman–Crippen LogP) is 4.64. The molecule has 0 unspecified atom stereocenters. The van der Waals surface area contributed by atoms with Crippen LogP contribution in [-0.4, -0.2) is 0 Å². The number of halogens is 2. The monoisotopic (exact) mass is 257 g/mol. The van der Waals surface area contributed by atoms with Crippen molar-refractivity contribution < 1.29 is 13.4 Å². The predicted molar refractivity (Wildman–Crippen MR) is 57.4 cm³/mol. The Balaban J connectivity index is 0.000000424. The SMILES string of the molecule is C[C]1C(C)=C(C)C(C)=C1C.[Cl][Cr][Cl]. The minimum absolute atomic E-state index is 0.181. The molecule has 13 heavy (non-hydrogen) atoms. The molecule has 75 valence electrons. The zero-order valence-electron chi connectivity index (χ0n) is 8.66. The Hall–Kier alpha value is 0.592. The normalized spacial score (nSPS) is 17.8. The van der Waals surface area contributed by atoms with Gasteiger partial charge in [-0.1, -0.05) is 18.1 Å². The van der Waals surface area contributed by atoms with Gasteiger partial charge in [-0.3, -0.25) is 0 Å². The van der Waals surface area contributed by atoms with Gasteiger partial charge in [-0.15, -0.1) is 0 Å². The van der Waals surface area contributed by atoms with Crippen LogP contribution in [0.2, 0.25) is 0 Å². The Labute approximate surface area is 96.1 Å². The summed E-state index contributed by atoms with van der Waals surface area (Å²) in [6.07, 6.45) is 0. The summed E-state index contributed by atoms with van der Waals surface area (Å²) in [5.74, 6) is 1.47. The quantitative estimate of drug-likeness (QED) is 0.593. The number of hydrogen-bond donors (Lipinski definition) is 0. The van der Waals surface area contributed by atoms with Crippen molar-refractivity contribution in [1.82, 2.24) is 0 Å². The zero-order valence-corrected chi connectivity index (χ0v) is 11.5. The van der Waals surface area contributed by atoms with E-state index in [0.717, 1.165) is 0 Å². The molecular formula is C10H15Cl2Cr. The topological polar surface area (TPSA) is 0 Å². The van der Waals surface area contributed by atoms with E-state index < -0.39 is 0 Å². The van der Waals surface area contributed by atoms with Gasteiger partial charge in [-0.25, -0.2) is 0 Å². The van der Waals surface area contributed by atoms with E-state index in [1.807, 2.05) is 0 Å². The zero-order chi connectivity index (χ0) is 10.6. The van der Waals surface area contributed by atoms with Gasteiger partial charge in [0.25, 0.3) is 0 Å². The van der Waals surface area contributed by atoms with Crippen LogP contribution in [0, 0.1) is 5.92 Å². The van der Waals surface area contributed by atoms with Crippen LogP contribution in [0.4, 0.5) is 0 Å². The van der Waals surface area contributed by atoms with Gasteiger partial charge in [0.05, 0.1) is 0 Å². The van der Waals surface area contributed by atoms with E-state index in [0.29, 0.717) is 0 Å². The molecule has 0 bridgehead atoms. The van der Waals surface area contributed by atoms with Crippen molar-refractivity contribution >= 4 is 20.1 Å². The molecule has 1 rings (SSSR count). The van der Waals surface area contributed by atoms with Crippen molar-refractivity contribution in [3.63, 3.8) is 0 Å². The maximum atomic E-state index is 4.83. The molecule has 0 aromatic rings. The average Bonchev–Trinajstić information content (AvgIpc) is 2.25. The van der Waals surface area contributed by atoms with Gasteiger partial charge < -0.3 is 0 Å². The van der Waals surface area contributed by atoms with Crippen LogP contribution in [0.15, 0.2) is 22.3 Å². The van der Waals surface area contributed by atoms with Gasteiger partial charge in [0, 0.05) is 5.92 Å². The molecule has 1 aliphatic rings.